The molecule has 7 heteroatoms. The molecular weight excluding hydrogens is 392 g/mol. The molecule has 3 heterocycles. The molecule has 0 amide bonds. The zero-order valence-electron chi connectivity index (χ0n) is 18.0. The number of pyridine rings is 2. The van der Waals surface area contributed by atoms with Crippen LogP contribution in [0, 0.1) is 0 Å². The number of hydrogen-bond donors (Lipinski definition) is 1. The van der Waals surface area contributed by atoms with Crippen LogP contribution in [0.15, 0.2) is 48.7 Å². The number of piperazine rings is 1. The number of aromatic hydroxyl groups is 1. The van der Waals surface area contributed by atoms with Gasteiger partial charge in [0.2, 0.25) is 5.88 Å². The molecule has 1 aliphatic heterocycles. The number of para-hydroxylation sites is 1. The van der Waals surface area contributed by atoms with Gasteiger partial charge in [0.05, 0.1) is 13.2 Å². The van der Waals surface area contributed by atoms with E-state index in [9.17, 15) is 5.11 Å². The van der Waals surface area contributed by atoms with E-state index in [1.165, 1.54) is 0 Å². The van der Waals surface area contributed by atoms with E-state index in [1.807, 2.05) is 49.5 Å². The zero-order valence-corrected chi connectivity index (χ0v) is 18.0. The van der Waals surface area contributed by atoms with Gasteiger partial charge in [0.25, 0.3) is 0 Å². The van der Waals surface area contributed by atoms with E-state index in [4.69, 9.17) is 9.47 Å². The summed E-state index contributed by atoms with van der Waals surface area (Å²) in [5.74, 6) is 2.56. The summed E-state index contributed by atoms with van der Waals surface area (Å²) in [6.45, 7) is 8.29. The van der Waals surface area contributed by atoms with Crippen LogP contribution in [0.4, 0.5) is 5.82 Å². The highest BCUT2D eigenvalue weighted by Gasteiger charge is 2.20. The van der Waals surface area contributed by atoms with Gasteiger partial charge < -0.3 is 19.5 Å². The van der Waals surface area contributed by atoms with Gasteiger partial charge in [-0.3, -0.25) is 4.90 Å². The lowest BCUT2D eigenvalue weighted by molar-refractivity contribution is 0.235. The minimum absolute atomic E-state index is 0.182. The molecule has 0 atom stereocenters. The van der Waals surface area contributed by atoms with Crippen LogP contribution in [-0.4, -0.2) is 65.9 Å². The fraction of sp³-hybridized carbons (Fsp3) is 0.417. The third kappa shape index (κ3) is 5.35. The zero-order chi connectivity index (χ0) is 21.5. The molecule has 0 radical (unpaired) electrons. The standard InChI is InChI=1S/C24H30N4O3/c1-2-30-21-9-6-12-25-24(21)28-16-14-27(15-17-28)13-3-4-18-31-22-11-10-19-7-5-8-20(29)23(19)26-22/h5-12,29H,2-4,13-18H2,1H3. The number of phenolic OH excluding ortho intramolecular Hbond substituents is 1. The number of hydrogen-bond acceptors (Lipinski definition) is 7. The van der Waals surface area contributed by atoms with Crippen LogP contribution in [0.5, 0.6) is 17.4 Å². The number of ether oxygens (including phenoxy) is 2. The maximum atomic E-state index is 9.94. The third-order valence-electron chi connectivity index (χ3n) is 5.51. The minimum Gasteiger partial charge on any atom is -0.506 e. The van der Waals surface area contributed by atoms with Gasteiger partial charge in [-0.15, -0.1) is 0 Å². The fourth-order valence-corrected chi connectivity index (χ4v) is 3.88. The monoisotopic (exact) mass is 422 g/mol. The molecule has 2 aromatic heterocycles. The van der Waals surface area contributed by atoms with Crippen molar-refractivity contribution in [2.75, 3.05) is 50.8 Å². The largest absolute Gasteiger partial charge is 0.506 e. The molecule has 1 fully saturated rings. The molecule has 31 heavy (non-hydrogen) atoms. The second kappa shape index (κ2) is 10.3. The minimum atomic E-state index is 0.182. The quantitative estimate of drug-likeness (QED) is 0.527. The first kappa shape index (κ1) is 21.2. The highest BCUT2D eigenvalue weighted by atomic mass is 16.5. The predicted molar refractivity (Wildman–Crippen MR) is 122 cm³/mol. The van der Waals surface area contributed by atoms with Crippen molar-refractivity contribution in [1.29, 1.82) is 0 Å². The first-order valence-electron chi connectivity index (χ1n) is 11.0. The summed E-state index contributed by atoms with van der Waals surface area (Å²) in [6, 6.07) is 13.1. The van der Waals surface area contributed by atoms with Crippen molar-refractivity contribution < 1.29 is 14.6 Å². The van der Waals surface area contributed by atoms with Crippen LogP contribution in [0.3, 0.4) is 0 Å². The first-order valence-corrected chi connectivity index (χ1v) is 11.0. The molecule has 164 valence electrons. The highest BCUT2D eigenvalue weighted by molar-refractivity contribution is 5.84. The van der Waals surface area contributed by atoms with Gasteiger partial charge in [-0.2, -0.15) is 0 Å². The molecule has 0 saturated carbocycles. The molecule has 3 aromatic rings. The molecular formula is C24H30N4O3. The maximum absolute atomic E-state index is 9.94. The van der Waals surface area contributed by atoms with Crippen molar-refractivity contribution in [3.8, 4) is 17.4 Å². The van der Waals surface area contributed by atoms with Gasteiger partial charge in [-0.1, -0.05) is 12.1 Å². The van der Waals surface area contributed by atoms with Crippen molar-refractivity contribution in [2.24, 2.45) is 0 Å². The molecule has 1 N–H and O–H groups in total. The lowest BCUT2D eigenvalue weighted by Crippen LogP contribution is -2.47. The van der Waals surface area contributed by atoms with Crippen LogP contribution in [0.25, 0.3) is 10.9 Å². The van der Waals surface area contributed by atoms with Gasteiger partial charge in [0.1, 0.15) is 11.3 Å². The molecule has 1 aliphatic rings. The van der Waals surface area contributed by atoms with Gasteiger partial charge in [-0.05, 0) is 50.6 Å². The number of anilines is 1. The Morgan fingerprint density at radius 2 is 1.84 bits per heavy atom. The summed E-state index contributed by atoms with van der Waals surface area (Å²) in [5, 5.41) is 10.9. The van der Waals surface area contributed by atoms with Crippen LogP contribution in [0.2, 0.25) is 0 Å². The SMILES string of the molecule is CCOc1cccnc1N1CCN(CCCCOc2ccc3cccc(O)c3n2)CC1. The third-order valence-corrected chi connectivity index (χ3v) is 5.51. The van der Waals surface area contributed by atoms with E-state index in [2.05, 4.69) is 19.8 Å². The summed E-state index contributed by atoms with van der Waals surface area (Å²) in [7, 11) is 0. The Bertz CT molecular complexity index is 989. The topological polar surface area (TPSA) is 71.0 Å². The van der Waals surface area contributed by atoms with Gasteiger partial charge >= 0.3 is 0 Å². The number of unbranched alkanes of at least 4 members (excludes halogenated alkanes) is 1. The normalized spacial score (nSPS) is 14.7. The molecule has 0 spiro atoms. The van der Waals surface area contributed by atoms with Crippen LogP contribution >= 0.6 is 0 Å². The van der Waals surface area contributed by atoms with E-state index in [1.54, 1.807) is 6.07 Å². The van der Waals surface area contributed by atoms with Gasteiger partial charge in [-0.25, -0.2) is 9.97 Å². The Morgan fingerprint density at radius 3 is 2.68 bits per heavy atom. The summed E-state index contributed by atoms with van der Waals surface area (Å²) in [4.78, 5) is 13.7. The number of nitrogens with zero attached hydrogens (tertiary/aromatic N) is 4. The summed E-state index contributed by atoms with van der Waals surface area (Å²) in [5.41, 5.74) is 0.582. The molecule has 0 unspecified atom stereocenters. The van der Waals surface area contributed by atoms with E-state index >= 15 is 0 Å². The molecule has 7 nitrogen and oxygen atoms in total. The Labute approximate surface area is 183 Å². The number of fused-ring (bicyclic) bond motifs is 1. The number of rotatable bonds is 9. The second-order valence-electron chi connectivity index (χ2n) is 7.64. The molecule has 1 aromatic carbocycles. The smallest absolute Gasteiger partial charge is 0.213 e. The van der Waals surface area contributed by atoms with Gasteiger partial charge in [0, 0.05) is 43.8 Å². The summed E-state index contributed by atoms with van der Waals surface area (Å²) < 4.78 is 11.5. The maximum Gasteiger partial charge on any atom is 0.213 e. The first-order chi connectivity index (χ1) is 15.2. The Morgan fingerprint density at radius 1 is 0.968 bits per heavy atom. The second-order valence-corrected chi connectivity index (χ2v) is 7.64. The Kier molecular flexibility index (Phi) is 7.04. The van der Waals surface area contributed by atoms with Crippen LogP contribution in [-0.2, 0) is 0 Å². The van der Waals surface area contributed by atoms with E-state index < -0.39 is 0 Å². The molecule has 4 rings (SSSR count). The van der Waals surface area contributed by atoms with Crippen molar-refractivity contribution in [1.82, 2.24) is 14.9 Å². The highest BCUT2D eigenvalue weighted by Crippen LogP contribution is 2.26. The van der Waals surface area contributed by atoms with E-state index in [0.29, 0.717) is 24.6 Å². The van der Waals surface area contributed by atoms with Crippen molar-refractivity contribution in [3.63, 3.8) is 0 Å². The van der Waals surface area contributed by atoms with Gasteiger partial charge in [0.15, 0.2) is 11.6 Å². The lowest BCUT2D eigenvalue weighted by Gasteiger charge is -2.35. The van der Waals surface area contributed by atoms with E-state index in [-0.39, 0.29) is 5.75 Å². The van der Waals surface area contributed by atoms with Crippen LogP contribution < -0.4 is 14.4 Å². The lowest BCUT2D eigenvalue weighted by atomic mass is 10.2. The molecule has 0 aliphatic carbocycles. The predicted octanol–water partition coefficient (Wildman–Crippen LogP) is 3.72. The summed E-state index contributed by atoms with van der Waals surface area (Å²) in [6.07, 6.45) is 3.87. The number of phenols is 1. The summed E-state index contributed by atoms with van der Waals surface area (Å²) >= 11 is 0. The Balaban J connectivity index is 1.18. The molecule has 1 saturated heterocycles. The van der Waals surface area contributed by atoms with Crippen molar-refractivity contribution in [2.45, 2.75) is 19.8 Å². The average Bonchev–Trinajstić information content (AvgIpc) is 2.80. The number of aromatic nitrogens is 2. The van der Waals surface area contributed by atoms with Crippen molar-refractivity contribution >= 4 is 16.7 Å². The molecule has 0 bridgehead atoms. The van der Waals surface area contributed by atoms with Crippen molar-refractivity contribution in [3.05, 3.63) is 48.7 Å². The Hall–Kier alpha value is -3.06. The van der Waals surface area contributed by atoms with E-state index in [0.717, 1.165) is 62.5 Å². The number of benzene rings is 1. The van der Waals surface area contributed by atoms with Crippen LogP contribution in [0.1, 0.15) is 19.8 Å². The average molecular weight is 423 g/mol. The fourth-order valence-electron chi connectivity index (χ4n) is 3.88.